The molecule has 4 N–H and O–H groups in total. The number of aryl methyl sites for hydroxylation is 1. The number of hydrogen-bond acceptors (Lipinski definition) is 5. The molecule has 0 aliphatic rings. The van der Waals surface area contributed by atoms with E-state index in [4.69, 9.17) is 10.3 Å². The quantitative estimate of drug-likeness (QED) is 0.460. The largest absolute Gasteiger partial charge is 0.441 e. The summed E-state index contributed by atoms with van der Waals surface area (Å²) in [4.78, 5) is 11.3. The van der Waals surface area contributed by atoms with Crippen LogP contribution < -0.4 is 11.3 Å². The van der Waals surface area contributed by atoms with Gasteiger partial charge in [0.05, 0.1) is 11.9 Å². The maximum atomic E-state index is 5.48. The summed E-state index contributed by atoms with van der Waals surface area (Å²) in [5, 5.41) is 0. The van der Waals surface area contributed by atoms with Gasteiger partial charge in [0, 0.05) is 12.5 Å². The first-order valence-electron chi connectivity index (χ1n) is 5.15. The summed E-state index contributed by atoms with van der Waals surface area (Å²) in [5.41, 5.74) is 5.91. The number of benzene rings is 1. The number of nitrogens with zero attached hydrogens (tertiary/aromatic N) is 2. The number of nitrogens with two attached hydrogens (primary N) is 1. The zero-order valence-corrected chi connectivity index (χ0v) is 9.19. The van der Waals surface area contributed by atoms with Gasteiger partial charge in [-0.1, -0.05) is 6.07 Å². The van der Waals surface area contributed by atoms with E-state index in [1.54, 1.807) is 6.20 Å². The molecule has 1 aromatic carbocycles. The number of imidazole rings is 1. The SMILES string of the molecule is Cc1nc2ccc(-c3cnc(NN)[nH]3)cc2o1. The molecule has 6 heteroatoms. The topological polar surface area (TPSA) is 92.8 Å². The lowest BCUT2D eigenvalue weighted by Gasteiger charge is -1.96. The van der Waals surface area contributed by atoms with E-state index in [9.17, 15) is 0 Å². The van der Waals surface area contributed by atoms with Crippen molar-refractivity contribution >= 4 is 17.0 Å². The summed E-state index contributed by atoms with van der Waals surface area (Å²) in [7, 11) is 0. The number of aromatic amines is 1. The molecule has 86 valence electrons. The molecular weight excluding hydrogens is 218 g/mol. The molecule has 0 fully saturated rings. The number of nitrogen functional groups attached to an aromatic ring is 1. The molecule has 2 heterocycles. The number of fused-ring (bicyclic) bond motifs is 1. The second kappa shape index (κ2) is 3.60. The van der Waals surface area contributed by atoms with Crippen LogP contribution in [-0.2, 0) is 0 Å². The van der Waals surface area contributed by atoms with Crippen LogP contribution in [0.25, 0.3) is 22.4 Å². The maximum absolute atomic E-state index is 5.48. The third-order valence-electron chi connectivity index (χ3n) is 2.52. The van der Waals surface area contributed by atoms with E-state index in [0.717, 1.165) is 22.4 Å². The van der Waals surface area contributed by atoms with Crippen molar-refractivity contribution in [2.75, 3.05) is 5.43 Å². The van der Waals surface area contributed by atoms with Gasteiger partial charge in [0.15, 0.2) is 11.5 Å². The highest BCUT2D eigenvalue weighted by atomic mass is 16.3. The van der Waals surface area contributed by atoms with E-state index in [1.165, 1.54) is 0 Å². The monoisotopic (exact) mass is 229 g/mol. The van der Waals surface area contributed by atoms with Crippen molar-refractivity contribution in [1.82, 2.24) is 15.0 Å². The molecule has 0 aliphatic carbocycles. The number of H-pyrrole nitrogens is 1. The summed E-state index contributed by atoms with van der Waals surface area (Å²) in [6.07, 6.45) is 1.71. The van der Waals surface area contributed by atoms with E-state index in [0.29, 0.717) is 11.8 Å². The minimum Gasteiger partial charge on any atom is -0.441 e. The van der Waals surface area contributed by atoms with Crippen molar-refractivity contribution in [3.63, 3.8) is 0 Å². The maximum Gasteiger partial charge on any atom is 0.215 e. The smallest absolute Gasteiger partial charge is 0.215 e. The Morgan fingerprint density at radius 2 is 2.29 bits per heavy atom. The minimum absolute atomic E-state index is 0.522. The van der Waals surface area contributed by atoms with Crippen molar-refractivity contribution in [1.29, 1.82) is 0 Å². The highest BCUT2D eigenvalue weighted by Crippen LogP contribution is 2.24. The van der Waals surface area contributed by atoms with Crippen LogP contribution >= 0.6 is 0 Å². The molecule has 3 rings (SSSR count). The predicted octanol–water partition coefficient (Wildman–Crippen LogP) is 1.81. The zero-order chi connectivity index (χ0) is 11.8. The Morgan fingerprint density at radius 1 is 1.41 bits per heavy atom. The standard InChI is InChI=1S/C11H11N5O/c1-6-14-8-3-2-7(4-10(8)17-6)9-5-13-11(15-9)16-12/h2-5H,12H2,1H3,(H2,13,15,16). The van der Waals surface area contributed by atoms with E-state index in [1.807, 2.05) is 25.1 Å². The second-order valence-electron chi connectivity index (χ2n) is 3.71. The van der Waals surface area contributed by atoms with Gasteiger partial charge in [0.1, 0.15) is 5.52 Å². The normalized spacial score (nSPS) is 10.9. The summed E-state index contributed by atoms with van der Waals surface area (Å²) in [5.74, 6) is 6.44. The lowest BCUT2D eigenvalue weighted by Crippen LogP contribution is -2.07. The summed E-state index contributed by atoms with van der Waals surface area (Å²) >= 11 is 0. The molecule has 3 aromatic rings. The van der Waals surface area contributed by atoms with Crippen molar-refractivity contribution in [3.05, 3.63) is 30.3 Å². The molecule has 0 bridgehead atoms. The van der Waals surface area contributed by atoms with Gasteiger partial charge in [0.2, 0.25) is 5.95 Å². The van der Waals surface area contributed by atoms with Gasteiger partial charge >= 0.3 is 0 Å². The van der Waals surface area contributed by atoms with Crippen molar-refractivity contribution < 1.29 is 4.42 Å². The average molecular weight is 229 g/mol. The van der Waals surface area contributed by atoms with Gasteiger partial charge in [0.25, 0.3) is 0 Å². The minimum atomic E-state index is 0.522. The van der Waals surface area contributed by atoms with Crippen LogP contribution in [0.1, 0.15) is 5.89 Å². The van der Waals surface area contributed by atoms with Crippen LogP contribution in [0.4, 0.5) is 5.95 Å². The van der Waals surface area contributed by atoms with Crippen molar-refractivity contribution in [3.8, 4) is 11.3 Å². The van der Waals surface area contributed by atoms with Crippen LogP contribution in [0.3, 0.4) is 0 Å². The number of hydrogen-bond donors (Lipinski definition) is 3. The third kappa shape index (κ3) is 1.64. The first-order chi connectivity index (χ1) is 8.26. The Kier molecular flexibility index (Phi) is 2.09. The third-order valence-corrected chi connectivity index (χ3v) is 2.52. The number of oxazole rings is 1. The number of hydrazine groups is 1. The lowest BCUT2D eigenvalue weighted by atomic mass is 10.1. The van der Waals surface area contributed by atoms with E-state index < -0.39 is 0 Å². The van der Waals surface area contributed by atoms with Crippen molar-refractivity contribution in [2.45, 2.75) is 6.92 Å². The first-order valence-corrected chi connectivity index (χ1v) is 5.15. The molecule has 0 spiro atoms. The molecule has 0 atom stereocenters. The summed E-state index contributed by atoms with van der Waals surface area (Å²) in [6, 6.07) is 5.79. The molecule has 0 radical (unpaired) electrons. The summed E-state index contributed by atoms with van der Waals surface area (Å²) < 4.78 is 5.48. The number of rotatable bonds is 2. The van der Waals surface area contributed by atoms with Crippen molar-refractivity contribution in [2.24, 2.45) is 5.84 Å². The molecule has 0 aliphatic heterocycles. The number of aromatic nitrogens is 3. The fourth-order valence-corrected chi connectivity index (χ4v) is 1.75. The Hall–Kier alpha value is -2.34. The second-order valence-corrected chi connectivity index (χ2v) is 3.71. The molecule has 0 saturated heterocycles. The van der Waals surface area contributed by atoms with Crippen LogP contribution in [0.15, 0.2) is 28.8 Å². The molecule has 2 aromatic heterocycles. The lowest BCUT2D eigenvalue weighted by molar-refractivity contribution is 0.561. The molecule has 0 amide bonds. The van der Waals surface area contributed by atoms with E-state index >= 15 is 0 Å². The van der Waals surface area contributed by atoms with Gasteiger partial charge in [-0.3, -0.25) is 5.43 Å². The van der Waals surface area contributed by atoms with Crippen LogP contribution in [0, 0.1) is 6.92 Å². The Balaban J connectivity index is 2.10. The molecule has 6 nitrogen and oxygen atoms in total. The fourth-order valence-electron chi connectivity index (χ4n) is 1.75. The van der Waals surface area contributed by atoms with E-state index in [2.05, 4.69) is 20.4 Å². The highest BCUT2D eigenvalue weighted by Gasteiger charge is 2.06. The molecule has 0 unspecified atom stereocenters. The average Bonchev–Trinajstić information content (AvgIpc) is 2.92. The number of anilines is 1. The van der Waals surface area contributed by atoms with E-state index in [-0.39, 0.29) is 0 Å². The Morgan fingerprint density at radius 3 is 3.06 bits per heavy atom. The van der Waals surface area contributed by atoms with Crippen LogP contribution in [-0.4, -0.2) is 15.0 Å². The van der Waals surface area contributed by atoms with Gasteiger partial charge in [-0.25, -0.2) is 15.8 Å². The van der Waals surface area contributed by atoms with Gasteiger partial charge < -0.3 is 9.40 Å². The molecular formula is C11H11N5O. The molecule has 0 saturated carbocycles. The van der Waals surface area contributed by atoms with Gasteiger partial charge in [-0.15, -0.1) is 0 Å². The van der Waals surface area contributed by atoms with Gasteiger partial charge in [-0.2, -0.15) is 0 Å². The zero-order valence-electron chi connectivity index (χ0n) is 9.19. The van der Waals surface area contributed by atoms with Gasteiger partial charge in [-0.05, 0) is 12.1 Å². The fraction of sp³-hybridized carbons (Fsp3) is 0.0909. The van der Waals surface area contributed by atoms with Crippen LogP contribution in [0.2, 0.25) is 0 Å². The van der Waals surface area contributed by atoms with Crippen LogP contribution in [0.5, 0.6) is 0 Å². The Labute approximate surface area is 96.8 Å². The highest BCUT2D eigenvalue weighted by molar-refractivity contribution is 5.79. The Bertz CT molecular complexity index is 669. The predicted molar refractivity (Wildman–Crippen MR) is 64.1 cm³/mol. The first kappa shape index (κ1) is 9.86. The summed E-state index contributed by atoms with van der Waals surface area (Å²) in [6.45, 7) is 1.83. The molecule has 17 heavy (non-hydrogen) atoms. The number of nitrogens with one attached hydrogen (secondary N) is 2.